The van der Waals surface area contributed by atoms with Crippen LogP contribution in [0.15, 0.2) is 24.3 Å². The molecule has 0 saturated heterocycles. The highest BCUT2D eigenvalue weighted by atomic mass is 16.5. The Morgan fingerprint density at radius 2 is 2.00 bits per heavy atom. The topological polar surface area (TPSA) is 79.3 Å². The molecule has 20 heavy (non-hydrogen) atoms. The first-order valence-electron chi connectivity index (χ1n) is 6.69. The normalized spacial score (nSPS) is 10.7. The fourth-order valence-corrected chi connectivity index (χ4v) is 1.88. The van der Waals surface area contributed by atoms with Crippen molar-refractivity contribution in [1.82, 2.24) is 9.97 Å². The maximum Gasteiger partial charge on any atom is 0.225 e. The lowest BCUT2D eigenvalue weighted by molar-refractivity contribution is 0.197. The molecular weight excluding hydrogens is 256 g/mol. The van der Waals surface area contributed by atoms with E-state index in [1.807, 2.05) is 24.3 Å². The predicted molar refractivity (Wildman–Crippen MR) is 80.1 cm³/mol. The number of fused-ring (bicyclic) bond motifs is 1. The molecular formula is C14H20N4O2. The van der Waals surface area contributed by atoms with Crippen molar-refractivity contribution in [2.75, 3.05) is 44.0 Å². The first-order valence-corrected chi connectivity index (χ1v) is 6.69. The number of rotatable bonds is 8. The number of ether oxygens (including phenoxy) is 1. The molecule has 6 nitrogen and oxygen atoms in total. The highest BCUT2D eigenvalue weighted by Crippen LogP contribution is 2.21. The third kappa shape index (κ3) is 3.79. The Morgan fingerprint density at radius 1 is 1.15 bits per heavy atom. The summed E-state index contributed by atoms with van der Waals surface area (Å²) in [6, 6.07) is 7.80. The van der Waals surface area contributed by atoms with Crippen molar-refractivity contribution in [2.24, 2.45) is 0 Å². The second-order valence-corrected chi connectivity index (χ2v) is 4.34. The maximum atomic E-state index is 8.93. The summed E-state index contributed by atoms with van der Waals surface area (Å²) in [6.45, 7) is 1.99. The van der Waals surface area contributed by atoms with E-state index in [0.717, 1.165) is 29.7 Å². The average molecular weight is 276 g/mol. The number of nitrogens with one attached hydrogen (secondary N) is 2. The van der Waals surface area contributed by atoms with E-state index in [2.05, 4.69) is 20.6 Å². The van der Waals surface area contributed by atoms with E-state index in [1.165, 1.54) is 0 Å². The van der Waals surface area contributed by atoms with Crippen LogP contribution >= 0.6 is 0 Å². The fraction of sp³-hybridized carbons (Fsp3) is 0.429. The van der Waals surface area contributed by atoms with Crippen LogP contribution in [-0.4, -0.2) is 48.5 Å². The van der Waals surface area contributed by atoms with Crippen LogP contribution in [0.5, 0.6) is 0 Å². The molecule has 2 aromatic rings. The number of benzene rings is 1. The van der Waals surface area contributed by atoms with Gasteiger partial charge in [-0.1, -0.05) is 12.1 Å². The van der Waals surface area contributed by atoms with E-state index >= 15 is 0 Å². The van der Waals surface area contributed by atoms with Crippen LogP contribution in [0.2, 0.25) is 0 Å². The summed E-state index contributed by atoms with van der Waals surface area (Å²) in [6.07, 6.45) is 0.895. The molecule has 2 rings (SSSR count). The molecule has 0 unspecified atom stereocenters. The summed E-state index contributed by atoms with van der Waals surface area (Å²) >= 11 is 0. The van der Waals surface area contributed by atoms with Gasteiger partial charge in [0.2, 0.25) is 5.95 Å². The minimum Gasteiger partial charge on any atom is -0.395 e. The standard InChI is InChI=1S/C14H20N4O2/c1-20-10-4-7-16-14-17-12-6-3-2-5-11(12)13(18-14)15-8-9-19/h2-3,5-6,19H,4,7-10H2,1H3,(H2,15,16,17,18). The first-order chi connectivity index (χ1) is 9.85. The lowest BCUT2D eigenvalue weighted by Crippen LogP contribution is -2.11. The van der Waals surface area contributed by atoms with Gasteiger partial charge in [-0.05, 0) is 18.6 Å². The summed E-state index contributed by atoms with van der Waals surface area (Å²) < 4.78 is 5.01. The fourth-order valence-electron chi connectivity index (χ4n) is 1.88. The first kappa shape index (κ1) is 14.5. The number of anilines is 2. The minimum atomic E-state index is 0.0644. The average Bonchev–Trinajstić information content (AvgIpc) is 2.49. The zero-order valence-electron chi connectivity index (χ0n) is 11.6. The molecule has 0 fully saturated rings. The quantitative estimate of drug-likeness (QED) is 0.634. The van der Waals surface area contributed by atoms with E-state index in [4.69, 9.17) is 9.84 Å². The highest BCUT2D eigenvalue weighted by molar-refractivity contribution is 5.89. The van der Waals surface area contributed by atoms with Gasteiger partial charge in [0.25, 0.3) is 0 Å². The van der Waals surface area contributed by atoms with Crippen molar-refractivity contribution in [1.29, 1.82) is 0 Å². The molecule has 6 heteroatoms. The number of hydrogen-bond donors (Lipinski definition) is 3. The zero-order valence-corrected chi connectivity index (χ0v) is 11.6. The predicted octanol–water partition coefficient (Wildman–Crippen LogP) is 1.48. The number of aliphatic hydroxyl groups is 1. The van der Waals surface area contributed by atoms with E-state index in [1.54, 1.807) is 7.11 Å². The second kappa shape index (κ2) is 7.62. The molecule has 3 N–H and O–H groups in total. The van der Waals surface area contributed by atoms with Gasteiger partial charge in [-0.15, -0.1) is 0 Å². The van der Waals surface area contributed by atoms with E-state index < -0.39 is 0 Å². The second-order valence-electron chi connectivity index (χ2n) is 4.34. The van der Waals surface area contributed by atoms with Gasteiger partial charge >= 0.3 is 0 Å². The van der Waals surface area contributed by atoms with Gasteiger partial charge in [-0.2, -0.15) is 4.98 Å². The van der Waals surface area contributed by atoms with Crippen LogP contribution in [0.25, 0.3) is 10.9 Å². The Hall–Kier alpha value is -1.92. The molecule has 1 heterocycles. The molecule has 0 spiro atoms. The van der Waals surface area contributed by atoms with Crippen LogP contribution in [0, 0.1) is 0 Å². The third-order valence-corrected chi connectivity index (χ3v) is 2.82. The van der Waals surface area contributed by atoms with Crippen molar-refractivity contribution < 1.29 is 9.84 Å². The lowest BCUT2D eigenvalue weighted by atomic mass is 10.2. The van der Waals surface area contributed by atoms with Crippen LogP contribution in [0.4, 0.5) is 11.8 Å². The Kier molecular flexibility index (Phi) is 5.52. The van der Waals surface area contributed by atoms with Crippen molar-refractivity contribution in [2.45, 2.75) is 6.42 Å². The Balaban J connectivity index is 2.18. The molecule has 0 amide bonds. The summed E-state index contributed by atoms with van der Waals surface area (Å²) in [5, 5.41) is 16.2. The molecule has 0 aliphatic rings. The monoisotopic (exact) mass is 276 g/mol. The van der Waals surface area contributed by atoms with Gasteiger partial charge in [0.05, 0.1) is 12.1 Å². The number of para-hydroxylation sites is 1. The molecule has 0 radical (unpaired) electrons. The molecule has 1 aromatic heterocycles. The Bertz CT molecular complexity index is 548. The summed E-state index contributed by atoms with van der Waals surface area (Å²) in [7, 11) is 1.68. The zero-order chi connectivity index (χ0) is 14.2. The molecule has 0 aliphatic carbocycles. The molecule has 0 atom stereocenters. The molecule has 1 aromatic carbocycles. The summed E-state index contributed by atoms with van der Waals surface area (Å²) in [4.78, 5) is 8.93. The number of hydrogen-bond acceptors (Lipinski definition) is 6. The highest BCUT2D eigenvalue weighted by Gasteiger charge is 2.06. The van der Waals surface area contributed by atoms with Crippen molar-refractivity contribution in [3.05, 3.63) is 24.3 Å². The maximum absolute atomic E-state index is 8.93. The lowest BCUT2D eigenvalue weighted by Gasteiger charge is -2.11. The van der Waals surface area contributed by atoms with Gasteiger partial charge in [0.15, 0.2) is 0 Å². The summed E-state index contributed by atoms with van der Waals surface area (Å²) in [5.74, 6) is 1.32. The van der Waals surface area contributed by atoms with Crippen molar-refractivity contribution >= 4 is 22.7 Å². The van der Waals surface area contributed by atoms with Crippen molar-refractivity contribution in [3.8, 4) is 0 Å². The minimum absolute atomic E-state index is 0.0644. The Morgan fingerprint density at radius 3 is 2.80 bits per heavy atom. The number of methoxy groups -OCH3 is 1. The van der Waals surface area contributed by atoms with Crippen molar-refractivity contribution in [3.63, 3.8) is 0 Å². The van der Waals surface area contributed by atoms with Gasteiger partial charge in [0.1, 0.15) is 5.82 Å². The molecule has 108 valence electrons. The molecule has 0 aliphatic heterocycles. The molecule has 0 bridgehead atoms. The van der Waals surface area contributed by atoms with E-state index in [-0.39, 0.29) is 6.61 Å². The van der Waals surface area contributed by atoms with Gasteiger partial charge in [-0.25, -0.2) is 4.98 Å². The summed E-state index contributed by atoms with van der Waals surface area (Å²) in [5.41, 5.74) is 0.872. The Labute approximate surface area is 118 Å². The van der Waals surface area contributed by atoms with Crippen LogP contribution < -0.4 is 10.6 Å². The van der Waals surface area contributed by atoms with Crippen LogP contribution in [0.3, 0.4) is 0 Å². The van der Waals surface area contributed by atoms with E-state index in [0.29, 0.717) is 19.1 Å². The third-order valence-electron chi connectivity index (χ3n) is 2.82. The van der Waals surface area contributed by atoms with Gasteiger partial charge in [0, 0.05) is 32.2 Å². The van der Waals surface area contributed by atoms with E-state index in [9.17, 15) is 0 Å². The van der Waals surface area contributed by atoms with Crippen LogP contribution in [0.1, 0.15) is 6.42 Å². The van der Waals surface area contributed by atoms with Gasteiger partial charge in [-0.3, -0.25) is 0 Å². The smallest absolute Gasteiger partial charge is 0.225 e. The largest absolute Gasteiger partial charge is 0.395 e. The van der Waals surface area contributed by atoms with Crippen LogP contribution in [-0.2, 0) is 4.74 Å². The number of aromatic nitrogens is 2. The molecule has 0 saturated carbocycles. The number of aliphatic hydroxyl groups excluding tert-OH is 1. The number of nitrogens with zero attached hydrogens (tertiary/aromatic N) is 2. The SMILES string of the molecule is COCCCNc1nc(NCCO)c2ccccc2n1. The van der Waals surface area contributed by atoms with Gasteiger partial charge < -0.3 is 20.5 Å².